The van der Waals surface area contributed by atoms with Gasteiger partial charge in [0.25, 0.3) is 0 Å². The Morgan fingerprint density at radius 2 is 2.19 bits per heavy atom. The van der Waals surface area contributed by atoms with E-state index in [1.54, 1.807) is 0 Å². The average Bonchev–Trinajstić information content (AvgIpc) is 2.47. The maximum Gasteiger partial charge on any atom is 0.234 e. The summed E-state index contributed by atoms with van der Waals surface area (Å²) in [6.45, 7) is 3.63. The van der Waals surface area contributed by atoms with E-state index in [1.165, 1.54) is 0 Å². The molecule has 0 aromatic heterocycles. The van der Waals surface area contributed by atoms with Gasteiger partial charge >= 0.3 is 0 Å². The smallest absolute Gasteiger partial charge is 0.234 e. The van der Waals surface area contributed by atoms with Crippen LogP contribution in [0.2, 0.25) is 0 Å². The van der Waals surface area contributed by atoms with Crippen molar-refractivity contribution in [1.82, 2.24) is 0 Å². The van der Waals surface area contributed by atoms with Crippen molar-refractivity contribution in [2.45, 2.75) is 18.8 Å². The number of para-hydroxylation sites is 1. The molecule has 1 saturated heterocycles. The summed E-state index contributed by atoms with van der Waals surface area (Å²) >= 11 is 0. The highest BCUT2D eigenvalue weighted by Gasteiger charge is 2.44. The van der Waals surface area contributed by atoms with Crippen molar-refractivity contribution >= 4 is 11.6 Å². The number of carbonyl (C=O) groups excluding carboxylic acids is 1. The third kappa shape index (κ3) is 1.28. The highest BCUT2D eigenvalue weighted by molar-refractivity contribution is 6.05. The number of hydrogen-bond acceptors (Lipinski definition) is 2. The molecule has 0 radical (unpaired) electrons. The van der Waals surface area contributed by atoms with Gasteiger partial charge in [0.15, 0.2) is 0 Å². The highest BCUT2D eigenvalue weighted by atomic mass is 16.5. The minimum absolute atomic E-state index is 0.126. The molecule has 1 atom stereocenters. The second-order valence-electron chi connectivity index (χ2n) is 4.94. The molecule has 1 aromatic rings. The van der Waals surface area contributed by atoms with Gasteiger partial charge in [-0.3, -0.25) is 4.79 Å². The Morgan fingerprint density at radius 3 is 2.88 bits per heavy atom. The fraction of sp³-hybridized carbons (Fsp3) is 0.462. The largest absolute Gasteiger partial charge is 0.381 e. The molecule has 16 heavy (non-hydrogen) atoms. The third-order valence-corrected chi connectivity index (χ3v) is 3.67. The summed E-state index contributed by atoms with van der Waals surface area (Å²) in [6.07, 6.45) is 0.885. The van der Waals surface area contributed by atoms with E-state index in [0.29, 0.717) is 5.92 Å². The number of carbonyl (C=O) groups is 1. The van der Waals surface area contributed by atoms with Gasteiger partial charge in [-0.05, 0) is 25.0 Å². The molecule has 2 heterocycles. The van der Waals surface area contributed by atoms with Crippen LogP contribution in [0.3, 0.4) is 0 Å². The van der Waals surface area contributed by atoms with Gasteiger partial charge < -0.3 is 10.1 Å². The first-order valence-electron chi connectivity index (χ1n) is 5.69. The van der Waals surface area contributed by atoms with E-state index in [9.17, 15) is 4.79 Å². The molecular weight excluding hydrogens is 202 g/mol. The fourth-order valence-corrected chi connectivity index (χ4v) is 2.64. The normalized spacial score (nSPS) is 28.4. The second kappa shape index (κ2) is 3.32. The lowest BCUT2D eigenvalue weighted by molar-refractivity contribution is -0.122. The lowest BCUT2D eigenvalue weighted by Gasteiger charge is -2.33. The van der Waals surface area contributed by atoms with Crippen LogP contribution in [-0.4, -0.2) is 19.1 Å². The molecule has 1 fully saturated rings. The van der Waals surface area contributed by atoms with E-state index in [4.69, 9.17) is 4.74 Å². The summed E-state index contributed by atoms with van der Waals surface area (Å²) in [5, 5.41) is 2.96. The molecule has 3 heteroatoms. The summed E-state index contributed by atoms with van der Waals surface area (Å²) in [5.41, 5.74) is 1.73. The molecular formula is C13H15NO2. The van der Waals surface area contributed by atoms with Crippen LogP contribution < -0.4 is 5.32 Å². The number of hydrogen-bond donors (Lipinski definition) is 1. The van der Waals surface area contributed by atoms with Crippen molar-refractivity contribution in [3.05, 3.63) is 29.8 Å². The van der Waals surface area contributed by atoms with Gasteiger partial charge in [-0.2, -0.15) is 0 Å². The minimum atomic E-state index is -0.370. The third-order valence-electron chi connectivity index (χ3n) is 3.67. The molecule has 0 spiro atoms. The van der Waals surface area contributed by atoms with Crippen LogP contribution in [0.25, 0.3) is 0 Å². The number of amides is 1. The van der Waals surface area contributed by atoms with Crippen molar-refractivity contribution in [2.24, 2.45) is 5.92 Å². The Morgan fingerprint density at radius 1 is 1.44 bits per heavy atom. The number of anilines is 1. The maximum absolute atomic E-state index is 12.1. The molecule has 0 bridgehead atoms. The van der Waals surface area contributed by atoms with Crippen LogP contribution in [0.1, 0.15) is 18.9 Å². The zero-order valence-electron chi connectivity index (χ0n) is 9.32. The summed E-state index contributed by atoms with van der Waals surface area (Å²) < 4.78 is 5.18. The standard InChI is InChI=1S/C13H15NO2/c1-13(6-9-7-16-8-9)10-4-2-3-5-11(10)14-12(13)15/h2-5,9H,6-8H2,1H3,(H,14,15). The maximum atomic E-state index is 12.1. The Bertz CT molecular complexity index is 439. The first kappa shape index (κ1) is 9.85. The van der Waals surface area contributed by atoms with Crippen molar-refractivity contribution < 1.29 is 9.53 Å². The number of rotatable bonds is 2. The molecule has 2 aliphatic rings. The molecule has 84 valence electrons. The van der Waals surface area contributed by atoms with Crippen molar-refractivity contribution in [1.29, 1.82) is 0 Å². The lowest BCUT2D eigenvalue weighted by Crippen LogP contribution is -2.39. The molecule has 0 saturated carbocycles. The Balaban J connectivity index is 1.95. The zero-order valence-corrected chi connectivity index (χ0v) is 9.32. The fourth-order valence-electron chi connectivity index (χ4n) is 2.64. The van der Waals surface area contributed by atoms with Gasteiger partial charge in [0.05, 0.1) is 18.6 Å². The molecule has 1 amide bonds. The van der Waals surface area contributed by atoms with E-state index in [0.717, 1.165) is 30.9 Å². The molecule has 1 unspecified atom stereocenters. The quantitative estimate of drug-likeness (QED) is 0.822. The van der Waals surface area contributed by atoms with Crippen molar-refractivity contribution in [2.75, 3.05) is 18.5 Å². The SMILES string of the molecule is CC1(CC2COC2)C(=O)Nc2ccccc21. The average molecular weight is 217 g/mol. The van der Waals surface area contributed by atoms with E-state index in [2.05, 4.69) is 5.32 Å². The van der Waals surface area contributed by atoms with Crippen LogP contribution in [0.5, 0.6) is 0 Å². The van der Waals surface area contributed by atoms with Crippen molar-refractivity contribution in [3.63, 3.8) is 0 Å². The van der Waals surface area contributed by atoms with Crippen LogP contribution in [0.4, 0.5) is 5.69 Å². The van der Waals surface area contributed by atoms with E-state index in [1.807, 2.05) is 31.2 Å². The van der Waals surface area contributed by atoms with Crippen LogP contribution >= 0.6 is 0 Å². The second-order valence-corrected chi connectivity index (χ2v) is 4.94. The van der Waals surface area contributed by atoms with E-state index < -0.39 is 0 Å². The molecule has 0 aliphatic carbocycles. The van der Waals surface area contributed by atoms with Gasteiger partial charge in [-0.15, -0.1) is 0 Å². The van der Waals surface area contributed by atoms with Crippen LogP contribution in [0, 0.1) is 5.92 Å². The number of ether oxygens (including phenoxy) is 1. The molecule has 2 aliphatic heterocycles. The van der Waals surface area contributed by atoms with E-state index in [-0.39, 0.29) is 11.3 Å². The van der Waals surface area contributed by atoms with Crippen molar-refractivity contribution in [3.8, 4) is 0 Å². The monoisotopic (exact) mass is 217 g/mol. The minimum Gasteiger partial charge on any atom is -0.381 e. The predicted octanol–water partition coefficient (Wildman–Crippen LogP) is 1.93. The van der Waals surface area contributed by atoms with Gasteiger partial charge in [-0.1, -0.05) is 18.2 Å². The molecule has 1 N–H and O–H groups in total. The topological polar surface area (TPSA) is 38.3 Å². The summed E-state index contributed by atoms with van der Waals surface area (Å²) in [7, 11) is 0. The Labute approximate surface area is 94.8 Å². The van der Waals surface area contributed by atoms with E-state index >= 15 is 0 Å². The van der Waals surface area contributed by atoms with Gasteiger partial charge in [-0.25, -0.2) is 0 Å². The summed E-state index contributed by atoms with van der Waals surface area (Å²) in [6, 6.07) is 7.97. The highest BCUT2D eigenvalue weighted by Crippen LogP contribution is 2.42. The Hall–Kier alpha value is -1.35. The summed E-state index contributed by atoms with van der Waals surface area (Å²) in [5.74, 6) is 0.655. The number of benzene rings is 1. The molecule has 3 nitrogen and oxygen atoms in total. The van der Waals surface area contributed by atoms with Crippen LogP contribution in [-0.2, 0) is 14.9 Å². The Kier molecular flexibility index (Phi) is 2.04. The van der Waals surface area contributed by atoms with Gasteiger partial charge in [0.2, 0.25) is 5.91 Å². The summed E-state index contributed by atoms with van der Waals surface area (Å²) in [4.78, 5) is 12.1. The van der Waals surface area contributed by atoms with Gasteiger partial charge in [0, 0.05) is 11.6 Å². The van der Waals surface area contributed by atoms with Crippen LogP contribution in [0.15, 0.2) is 24.3 Å². The first-order chi connectivity index (χ1) is 7.70. The predicted molar refractivity (Wildman–Crippen MR) is 61.3 cm³/mol. The lowest BCUT2D eigenvalue weighted by atomic mass is 9.76. The zero-order chi connectivity index (χ0) is 11.2. The number of nitrogens with one attached hydrogen (secondary N) is 1. The van der Waals surface area contributed by atoms with Gasteiger partial charge in [0.1, 0.15) is 0 Å². The first-order valence-corrected chi connectivity index (χ1v) is 5.69. The molecule has 3 rings (SSSR count). The molecule has 1 aromatic carbocycles. The number of fused-ring (bicyclic) bond motifs is 1.